The molecule has 0 aliphatic carbocycles. The van der Waals surface area contributed by atoms with E-state index in [1.807, 2.05) is 37.3 Å². The van der Waals surface area contributed by atoms with Gasteiger partial charge in [-0.25, -0.2) is 0 Å². The third-order valence-corrected chi connectivity index (χ3v) is 5.18. The van der Waals surface area contributed by atoms with Crippen LogP contribution in [0.2, 0.25) is 0 Å². The predicted octanol–water partition coefficient (Wildman–Crippen LogP) is 1.75. The fourth-order valence-corrected chi connectivity index (χ4v) is 3.18. The van der Waals surface area contributed by atoms with Crippen LogP contribution in [0.1, 0.15) is 45.1 Å². The highest BCUT2D eigenvalue weighted by molar-refractivity contribution is 5.92. The minimum Gasteiger partial charge on any atom is -0.369 e. The Bertz CT molecular complexity index is 646. The number of Topliss-reactive ketones (excluding diaryl/α,β-unsaturated/α-hetero) is 1. The normalized spacial score (nSPS) is 22.0. The van der Waals surface area contributed by atoms with Crippen LogP contribution in [0.5, 0.6) is 0 Å². The van der Waals surface area contributed by atoms with Gasteiger partial charge in [0.25, 0.3) is 0 Å². The van der Waals surface area contributed by atoms with Gasteiger partial charge in [0.1, 0.15) is 12.6 Å². The summed E-state index contributed by atoms with van der Waals surface area (Å²) in [6.07, 6.45) is 2.17. The molecule has 1 aromatic rings. The topological polar surface area (TPSA) is 98.5 Å². The van der Waals surface area contributed by atoms with Crippen LogP contribution in [-0.4, -0.2) is 36.4 Å². The minimum absolute atomic E-state index is 0.0412. The molecular weight excluding hydrogens is 332 g/mol. The van der Waals surface area contributed by atoms with Gasteiger partial charge in [0.2, 0.25) is 11.8 Å². The Hall–Kier alpha value is -2.21. The lowest BCUT2D eigenvalue weighted by Gasteiger charge is -2.26. The molecule has 0 spiro atoms. The first-order valence-corrected chi connectivity index (χ1v) is 9.13. The van der Waals surface area contributed by atoms with Crippen molar-refractivity contribution in [2.45, 2.75) is 58.1 Å². The zero-order valence-electron chi connectivity index (χ0n) is 15.5. The molecule has 6 nitrogen and oxygen atoms in total. The van der Waals surface area contributed by atoms with E-state index in [2.05, 4.69) is 5.32 Å². The number of rotatable bonds is 9. The molecule has 2 unspecified atom stereocenters. The first-order chi connectivity index (χ1) is 12.4. The lowest BCUT2D eigenvalue weighted by atomic mass is 9.79. The lowest BCUT2D eigenvalue weighted by molar-refractivity contribution is -0.130. The number of ketones is 1. The molecule has 1 heterocycles. The largest absolute Gasteiger partial charge is 0.369 e. The van der Waals surface area contributed by atoms with Crippen molar-refractivity contribution < 1.29 is 19.1 Å². The van der Waals surface area contributed by atoms with Gasteiger partial charge < -0.3 is 15.8 Å². The van der Waals surface area contributed by atoms with Gasteiger partial charge in [-0.1, -0.05) is 44.2 Å². The molecule has 1 aliphatic heterocycles. The maximum Gasteiger partial charge on any atom is 0.223 e. The number of carbonyl (C=O) groups excluding carboxylic acids is 3. The fourth-order valence-electron chi connectivity index (χ4n) is 3.18. The molecule has 0 aromatic heterocycles. The van der Waals surface area contributed by atoms with Crippen molar-refractivity contribution in [3.8, 4) is 0 Å². The highest BCUT2D eigenvalue weighted by atomic mass is 16.5. The molecule has 1 saturated heterocycles. The molecule has 0 saturated carbocycles. The summed E-state index contributed by atoms with van der Waals surface area (Å²) in [7, 11) is 0. The number of hydrogen-bond acceptors (Lipinski definition) is 4. The van der Waals surface area contributed by atoms with Gasteiger partial charge in [0.05, 0.1) is 6.10 Å². The Morgan fingerprint density at radius 2 is 1.96 bits per heavy atom. The Balaban J connectivity index is 1.89. The zero-order chi connectivity index (χ0) is 19.2. The molecule has 2 amide bonds. The molecule has 0 radical (unpaired) electrons. The molecule has 1 aromatic carbocycles. The number of nitrogens with one attached hydrogen (secondary N) is 1. The van der Waals surface area contributed by atoms with Crippen molar-refractivity contribution in [2.24, 2.45) is 11.1 Å². The van der Waals surface area contributed by atoms with E-state index in [1.54, 1.807) is 6.92 Å². The van der Waals surface area contributed by atoms with E-state index in [1.165, 1.54) is 0 Å². The summed E-state index contributed by atoms with van der Waals surface area (Å²) in [5, 5.41) is 2.75. The van der Waals surface area contributed by atoms with Crippen molar-refractivity contribution in [2.75, 3.05) is 6.61 Å². The summed E-state index contributed by atoms with van der Waals surface area (Å²) in [5.74, 6) is -0.764. The lowest BCUT2D eigenvalue weighted by Crippen LogP contribution is -2.45. The SMILES string of the molecule is CC[C@@H]1OCC(=O)C1NC(=O)CCC(C)(CCc1ccccc1)C(N)=O. The van der Waals surface area contributed by atoms with Crippen LogP contribution in [0, 0.1) is 5.41 Å². The second-order valence-corrected chi connectivity index (χ2v) is 7.18. The third kappa shape index (κ3) is 5.14. The molecule has 3 N–H and O–H groups in total. The van der Waals surface area contributed by atoms with Gasteiger partial charge >= 0.3 is 0 Å². The van der Waals surface area contributed by atoms with Gasteiger partial charge in [-0.3, -0.25) is 14.4 Å². The molecule has 3 atom stereocenters. The summed E-state index contributed by atoms with van der Waals surface area (Å²) in [6.45, 7) is 3.75. The molecule has 1 fully saturated rings. The Morgan fingerprint density at radius 3 is 2.58 bits per heavy atom. The van der Waals surface area contributed by atoms with Gasteiger partial charge in [-0.05, 0) is 31.2 Å². The maximum atomic E-state index is 12.3. The molecule has 1 aliphatic rings. The average Bonchev–Trinajstić information content (AvgIpc) is 2.98. The quantitative estimate of drug-likeness (QED) is 0.701. The predicted molar refractivity (Wildman–Crippen MR) is 98.3 cm³/mol. The van der Waals surface area contributed by atoms with Crippen LogP contribution in [0.15, 0.2) is 30.3 Å². The molecule has 0 bridgehead atoms. The van der Waals surface area contributed by atoms with Crippen molar-refractivity contribution in [3.05, 3.63) is 35.9 Å². The fraction of sp³-hybridized carbons (Fsp3) is 0.550. The van der Waals surface area contributed by atoms with Crippen LogP contribution >= 0.6 is 0 Å². The van der Waals surface area contributed by atoms with E-state index in [9.17, 15) is 14.4 Å². The van der Waals surface area contributed by atoms with E-state index in [4.69, 9.17) is 10.5 Å². The standard InChI is InChI=1S/C20H28N2O4/c1-3-16-18(15(23)13-26-16)22-17(24)10-12-20(2,19(21)25)11-9-14-7-5-4-6-8-14/h4-8,16,18H,3,9-13H2,1-2H3,(H2,21,25)(H,22,24)/t16-,18?,20?/m0/s1. The van der Waals surface area contributed by atoms with Crippen LogP contribution in [0.3, 0.4) is 0 Å². The number of amides is 2. The average molecular weight is 360 g/mol. The number of primary amides is 1. The van der Waals surface area contributed by atoms with Crippen LogP contribution in [-0.2, 0) is 25.5 Å². The van der Waals surface area contributed by atoms with Crippen molar-refractivity contribution >= 4 is 17.6 Å². The Kier molecular flexibility index (Phi) is 6.91. The summed E-state index contributed by atoms with van der Waals surface area (Å²) in [6, 6.07) is 9.27. The van der Waals surface area contributed by atoms with Crippen LogP contribution in [0.4, 0.5) is 0 Å². The Labute approximate surface area is 154 Å². The summed E-state index contributed by atoms with van der Waals surface area (Å²) in [4.78, 5) is 36.1. The monoisotopic (exact) mass is 360 g/mol. The van der Waals surface area contributed by atoms with E-state index in [0.29, 0.717) is 19.3 Å². The van der Waals surface area contributed by atoms with Gasteiger partial charge in [0, 0.05) is 11.8 Å². The first kappa shape index (κ1) is 20.1. The number of hydrogen-bond donors (Lipinski definition) is 2. The summed E-state index contributed by atoms with van der Waals surface area (Å²) < 4.78 is 5.36. The number of benzene rings is 1. The van der Waals surface area contributed by atoms with Gasteiger partial charge in [0.15, 0.2) is 5.78 Å². The van der Waals surface area contributed by atoms with Crippen LogP contribution < -0.4 is 11.1 Å². The summed E-state index contributed by atoms with van der Waals surface area (Å²) >= 11 is 0. The number of nitrogens with two attached hydrogens (primary N) is 1. The Morgan fingerprint density at radius 1 is 1.27 bits per heavy atom. The highest BCUT2D eigenvalue weighted by Crippen LogP contribution is 2.29. The molecule has 6 heteroatoms. The van der Waals surface area contributed by atoms with E-state index in [0.717, 1.165) is 12.0 Å². The second-order valence-electron chi connectivity index (χ2n) is 7.18. The number of ether oxygens (including phenoxy) is 1. The third-order valence-electron chi connectivity index (χ3n) is 5.18. The van der Waals surface area contributed by atoms with E-state index < -0.39 is 17.4 Å². The second kappa shape index (κ2) is 8.94. The van der Waals surface area contributed by atoms with Gasteiger partial charge in [-0.15, -0.1) is 0 Å². The first-order valence-electron chi connectivity index (χ1n) is 9.13. The van der Waals surface area contributed by atoms with Crippen LogP contribution in [0.25, 0.3) is 0 Å². The molecule has 26 heavy (non-hydrogen) atoms. The molecule has 142 valence electrons. The molecule has 2 rings (SSSR count). The smallest absolute Gasteiger partial charge is 0.223 e. The number of carbonyl (C=O) groups is 3. The highest BCUT2D eigenvalue weighted by Gasteiger charge is 2.36. The molecular formula is C20H28N2O4. The summed E-state index contributed by atoms with van der Waals surface area (Å²) in [5.41, 5.74) is 5.96. The zero-order valence-corrected chi connectivity index (χ0v) is 15.5. The van der Waals surface area contributed by atoms with E-state index >= 15 is 0 Å². The number of aryl methyl sites for hydroxylation is 1. The van der Waals surface area contributed by atoms with E-state index in [-0.39, 0.29) is 30.8 Å². The van der Waals surface area contributed by atoms with Crippen molar-refractivity contribution in [1.82, 2.24) is 5.32 Å². The van der Waals surface area contributed by atoms with Crippen molar-refractivity contribution in [1.29, 1.82) is 0 Å². The minimum atomic E-state index is -0.770. The van der Waals surface area contributed by atoms with Gasteiger partial charge in [-0.2, -0.15) is 0 Å². The maximum absolute atomic E-state index is 12.3. The van der Waals surface area contributed by atoms with Crippen molar-refractivity contribution in [3.63, 3.8) is 0 Å².